The van der Waals surface area contributed by atoms with Crippen molar-refractivity contribution in [3.63, 3.8) is 0 Å². The van der Waals surface area contributed by atoms with Gasteiger partial charge in [-0.2, -0.15) is 10.4 Å². The summed E-state index contributed by atoms with van der Waals surface area (Å²) in [7, 11) is 1.24. The number of para-hydroxylation sites is 2. The van der Waals surface area contributed by atoms with E-state index in [-0.39, 0.29) is 22.8 Å². The number of nitrogens with two attached hydrogens (primary N) is 1. The van der Waals surface area contributed by atoms with Gasteiger partial charge in [0.05, 0.1) is 12.8 Å². The van der Waals surface area contributed by atoms with Gasteiger partial charge < -0.3 is 19.9 Å². The number of rotatable bonds is 4. The zero-order valence-electron chi connectivity index (χ0n) is 13.6. The third kappa shape index (κ3) is 3.11. The van der Waals surface area contributed by atoms with E-state index in [1.54, 1.807) is 30.3 Å². The summed E-state index contributed by atoms with van der Waals surface area (Å²) in [4.78, 5) is 12.1. The van der Waals surface area contributed by atoms with Crippen LogP contribution in [0.2, 0.25) is 0 Å². The van der Waals surface area contributed by atoms with E-state index < -0.39 is 11.8 Å². The fourth-order valence-electron chi connectivity index (χ4n) is 2.22. The molecule has 0 unspecified atom stereocenters. The fourth-order valence-corrected chi connectivity index (χ4v) is 2.22. The average molecular weight is 351 g/mol. The normalized spacial score (nSPS) is 11.8. The summed E-state index contributed by atoms with van der Waals surface area (Å²) in [5, 5.41) is 19.9. The van der Waals surface area contributed by atoms with Gasteiger partial charge in [-0.25, -0.2) is 4.79 Å². The van der Waals surface area contributed by atoms with Crippen LogP contribution in [0.3, 0.4) is 0 Å². The van der Waals surface area contributed by atoms with Crippen LogP contribution in [-0.4, -0.2) is 24.6 Å². The molecular formula is C17H13N5O4. The van der Waals surface area contributed by atoms with Crippen LogP contribution in [0.15, 0.2) is 41.5 Å². The number of fused-ring (bicyclic) bond motifs is 2. The van der Waals surface area contributed by atoms with Crippen molar-refractivity contribution in [3.8, 4) is 29.1 Å². The number of hydrazone groups is 1. The number of nitrogens with zero attached hydrogens (tertiary/aromatic N) is 2. The standard InChI is InChI=1S/C17H13N5O4/c1-24-17(23)10-6-9(21-22-11(8-18)16(19)20)7-14-15(10)26-13-5-3-2-4-12(13)25-14/h2-7,21H,1H3,(H3,19,20)/b22-11+. The van der Waals surface area contributed by atoms with Crippen LogP contribution >= 0.6 is 0 Å². The molecule has 3 rings (SSSR count). The highest BCUT2D eigenvalue weighted by Gasteiger charge is 2.26. The van der Waals surface area contributed by atoms with Crippen molar-refractivity contribution in [2.24, 2.45) is 10.8 Å². The van der Waals surface area contributed by atoms with Gasteiger partial charge in [0.1, 0.15) is 11.6 Å². The molecule has 2 aromatic carbocycles. The smallest absolute Gasteiger partial charge is 0.341 e. The number of amidine groups is 1. The van der Waals surface area contributed by atoms with Crippen molar-refractivity contribution in [2.75, 3.05) is 12.5 Å². The number of anilines is 1. The Labute approximate surface area is 148 Å². The van der Waals surface area contributed by atoms with Crippen molar-refractivity contribution < 1.29 is 19.0 Å². The van der Waals surface area contributed by atoms with Crippen molar-refractivity contribution in [1.29, 1.82) is 10.7 Å². The predicted molar refractivity (Wildman–Crippen MR) is 93.0 cm³/mol. The fraction of sp³-hybridized carbons (Fsp3) is 0.0588. The molecule has 0 atom stereocenters. The highest BCUT2D eigenvalue weighted by atomic mass is 16.6. The lowest BCUT2D eigenvalue weighted by atomic mass is 10.1. The maximum absolute atomic E-state index is 12.1. The van der Waals surface area contributed by atoms with Crippen LogP contribution in [0.5, 0.6) is 23.0 Å². The van der Waals surface area contributed by atoms with Crippen LogP contribution < -0.4 is 20.6 Å². The number of carbonyl (C=O) groups is 1. The first kappa shape index (κ1) is 16.8. The molecule has 2 aromatic rings. The predicted octanol–water partition coefficient (Wildman–Crippen LogP) is 2.60. The molecule has 0 saturated heterocycles. The molecule has 0 bridgehead atoms. The molecule has 9 heteroatoms. The molecule has 26 heavy (non-hydrogen) atoms. The molecule has 1 aliphatic heterocycles. The van der Waals surface area contributed by atoms with Crippen molar-refractivity contribution in [3.05, 3.63) is 42.0 Å². The van der Waals surface area contributed by atoms with Crippen molar-refractivity contribution in [2.45, 2.75) is 0 Å². The second-order valence-corrected chi connectivity index (χ2v) is 5.09. The van der Waals surface area contributed by atoms with Crippen LogP contribution in [0.25, 0.3) is 0 Å². The number of nitrogens with one attached hydrogen (secondary N) is 2. The minimum absolute atomic E-state index is 0.110. The Kier molecular flexibility index (Phi) is 4.40. The molecule has 4 N–H and O–H groups in total. The number of esters is 1. The number of hydrogen-bond acceptors (Lipinski definition) is 8. The van der Waals surface area contributed by atoms with E-state index in [2.05, 4.69) is 10.5 Å². The SMILES string of the molecule is COC(=O)c1cc(N/N=C(\C#N)C(=N)N)cc2c1Oc1ccccc1O2. The van der Waals surface area contributed by atoms with E-state index in [0.717, 1.165) is 0 Å². The Bertz CT molecular complexity index is 978. The summed E-state index contributed by atoms with van der Waals surface area (Å²) >= 11 is 0. The first-order valence-electron chi connectivity index (χ1n) is 7.32. The first-order chi connectivity index (χ1) is 12.5. The summed E-state index contributed by atoms with van der Waals surface area (Å²) in [5.74, 6) is 0.302. The summed E-state index contributed by atoms with van der Waals surface area (Å²) < 4.78 is 16.3. The molecule has 0 radical (unpaired) electrons. The number of ether oxygens (including phenoxy) is 3. The summed E-state index contributed by atoms with van der Waals surface area (Å²) in [6.07, 6.45) is 0. The molecule has 9 nitrogen and oxygen atoms in total. The molecule has 0 amide bonds. The second-order valence-electron chi connectivity index (χ2n) is 5.09. The molecule has 1 aliphatic rings. The van der Waals surface area contributed by atoms with E-state index in [0.29, 0.717) is 17.2 Å². The van der Waals surface area contributed by atoms with Crippen LogP contribution in [0.4, 0.5) is 5.69 Å². The Morgan fingerprint density at radius 3 is 2.58 bits per heavy atom. The zero-order chi connectivity index (χ0) is 18.7. The van der Waals surface area contributed by atoms with Crippen LogP contribution in [0.1, 0.15) is 10.4 Å². The number of methoxy groups -OCH3 is 1. The second kappa shape index (κ2) is 6.82. The molecule has 1 heterocycles. The van der Waals surface area contributed by atoms with Gasteiger partial charge in [0.15, 0.2) is 28.8 Å². The Morgan fingerprint density at radius 1 is 1.27 bits per heavy atom. The molecule has 0 saturated carbocycles. The van der Waals surface area contributed by atoms with Gasteiger partial charge in [-0.05, 0) is 18.2 Å². The van der Waals surface area contributed by atoms with Crippen molar-refractivity contribution >= 4 is 23.2 Å². The molecule has 0 fully saturated rings. The van der Waals surface area contributed by atoms with Gasteiger partial charge in [-0.3, -0.25) is 10.8 Å². The average Bonchev–Trinajstić information content (AvgIpc) is 2.65. The van der Waals surface area contributed by atoms with E-state index >= 15 is 0 Å². The maximum atomic E-state index is 12.1. The molecule has 0 spiro atoms. The van der Waals surface area contributed by atoms with Crippen LogP contribution in [-0.2, 0) is 4.74 Å². The van der Waals surface area contributed by atoms with E-state index in [1.807, 2.05) is 0 Å². The maximum Gasteiger partial charge on any atom is 0.341 e. The number of carbonyl (C=O) groups excluding carboxylic acids is 1. The van der Waals surface area contributed by atoms with Gasteiger partial charge in [0.2, 0.25) is 5.71 Å². The van der Waals surface area contributed by atoms with Crippen LogP contribution in [0, 0.1) is 16.7 Å². The lowest BCUT2D eigenvalue weighted by Gasteiger charge is -2.22. The lowest BCUT2D eigenvalue weighted by molar-refractivity contribution is 0.0597. The van der Waals surface area contributed by atoms with Gasteiger partial charge in [-0.15, -0.1) is 0 Å². The minimum Gasteiger partial charge on any atom is -0.465 e. The van der Waals surface area contributed by atoms with E-state index in [9.17, 15) is 4.79 Å². The Balaban J connectivity index is 2.04. The lowest BCUT2D eigenvalue weighted by Crippen LogP contribution is -2.21. The highest BCUT2D eigenvalue weighted by molar-refractivity contribution is 6.45. The van der Waals surface area contributed by atoms with E-state index in [1.165, 1.54) is 19.2 Å². The monoisotopic (exact) mass is 351 g/mol. The third-order valence-corrected chi connectivity index (χ3v) is 3.40. The van der Waals surface area contributed by atoms with Crippen molar-refractivity contribution in [1.82, 2.24) is 0 Å². The molecule has 0 aromatic heterocycles. The quantitative estimate of drug-likeness (QED) is 0.284. The Morgan fingerprint density at radius 2 is 1.96 bits per heavy atom. The van der Waals surface area contributed by atoms with Gasteiger partial charge in [0, 0.05) is 6.07 Å². The van der Waals surface area contributed by atoms with Gasteiger partial charge >= 0.3 is 5.97 Å². The van der Waals surface area contributed by atoms with Gasteiger partial charge in [-0.1, -0.05) is 12.1 Å². The summed E-state index contributed by atoms with van der Waals surface area (Å²) in [5.41, 5.74) is 7.95. The zero-order valence-corrected chi connectivity index (χ0v) is 13.6. The minimum atomic E-state index is -0.635. The third-order valence-electron chi connectivity index (χ3n) is 3.40. The largest absolute Gasteiger partial charge is 0.465 e. The number of benzene rings is 2. The summed E-state index contributed by atoms with van der Waals surface area (Å²) in [6.45, 7) is 0. The van der Waals surface area contributed by atoms with E-state index in [4.69, 9.17) is 30.6 Å². The molecule has 0 aliphatic carbocycles. The Hall–Kier alpha value is -4.06. The molecular weight excluding hydrogens is 338 g/mol. The topological polar surface area (TPSA) is 143 Å². The highest BCUT2D eigenvalue weighted by Crippen LogP contribution is 2.48. The number of hydrogen-bond donors (Lipinski definition) is 3. The molecule has 130 valence electrons. The summed E-state index contributed by atoms with van der Waals surface area (Å²) in [6, 6.07) is 11.6. The number of nitriles is 1. The first-order valence-corrected chi connectivity index (χ1v) is 7.32. The van der Waals surface area contributed by atoms with Gasteiger partial charge in [0.25, 0.3) is 0 Å².